The van der Waals surface area contributed by atoms with E-state index in [4.69, 9.17) is 0 Å². The van der Waals surface area contributed by atoms with Gasteiger partial charge in [0.05, 0.1) is 0 Å². The van der Waals surface area contributed by atoms with Crippen LogP contribution in [-0.2, 0) is 0 Å². The van der Waals surface area contributed by atoms with Crippen LogP contribution >= 0.6 is 0 Å². The van der Waals surface area contributed by atoms with Crippen molar-refractivity contribution in [3.63, 3.8) is 0 Å². The van der Waals surface area contributed by atoms with E-state index >= 15 is 0 Å². The summed E-state index contributed by atoms with van der Waals surface area (Å²) >= 11 is 0. The van der Waals surface area contributed by atoms with E-state index in [1.807, 2.05) is 0 Å². The van der Waals surface area contributed by atoms with Gasteiger partial charge in [0, 0.05) is 6.54 Å². The Morgan fingerprint density at radius 2 is 2.33 bits per heavy atom. The maximum Gasteiger partial charge on any atom is 0.000507 e. The van der Waals surface area contributed by atoms with Gasteiger partial charge in [0.2, 0.25) is 0 Å². The average Bonchev–Trinajstić information content (AvgIpc) is 1.90. The van der Waals surface area contributed by atoms with Crippen LogP contribution in [0, 0.1) is 5.41 Å². The van der Waals surface area contributed by atoms with Crippen LogP contribution in [0.3, 0.4) is 0 Å². The van der Waals surface area contributed by atoms with Crippen LogP contribution in [0.15, 0.2) is 0 Å². The summed E-state index contributed by atoms with van der Waals surface area (Å²) < 4.78 is 0. The van der Waals surface area contributed by atoms with Crippen LogP contribution in [-0.4, -0.2) is 13.1 Å². The Morgan fingerprint density at radius 3 is 2.67 bits per heavy atom. The second-order valence-corrected chi connectivity index (χ2v) is 3.44. The number of hydrogen-bond acceptors (Lipinski definition) is 1. The van der Waals surface area contributed by atoms with Gasteiger partial charge in [-0.05, 0) is 31.2 Å². The van der Waals surface area contributed by atoms with Crippen LogP contribution in [0.4, 0.5) is 0 Å². The molecular formula is C8H17N. The number of nitrogens with one attached hydrogen (secondary N) is 1. The molecule has 54 valence electrons. The minimum Gasteiger partial charge on any atom is -0.316 e. The van der Waals surface area contributed by atoms with Crippen molar-refractivity contribution < 1.29 is 0 Å². The lowest BCUT2D eigenvalue weighted by Crippen LogP contribution is -2.37. The molecule has 0 spiro atoms. The molecule has 0 aromatic rings. The molecule has 0 amide bonds. The van der Waals surface area contributed by atoms with Gasteiger partial charge in [-0.25, -0.2) is 0 Å². The molecule has 1 nitrogen and oxygen atoms in total. The third kappa shape index (κ3) is 1.68. The Bertz CT molecular complexity index is 82.6. The third-order valence-electron chi connectivity index (χ3n) is 2.54. The zero-order valence-electron chi connectivity index (χ0n) is 6.54. The van der Waals surface area contributed by atoms with E-state index in [0.717, 1.165) is 0 Å². The monoisotopic (exact) mass is 127 g/mol. The largest absolute Gasteiger partial charge is 0.316 e. The van der Waals surface area contributed by atoms with Crippen LogP contribution in [0.1, 0.15) is 33.1 Å². The number of rotatable bonds is 1. The van der Waals surface area contributed by atoms with E-state index < -0.39 is 0 Å². The molecule has 1 aliphatic rings. The first-order chi connectivity index (χ1) is 4.27. The standard InChI is InChI=1S/C8H17N/c1-3-8(2)5-4-6-9-7-8/h9H,3-7H2,1-2H3/t8-/m1/s1. The summed E-state index contributed by atoms with van der Waals surface area (Å²) in [4.78, 5) is 0. The summed E-state index contributed by atoms with van der Waals surface area (Å²) in [5.74, 6) is 0. The summed E-state index contributed by atoms with van der Waals surface area (Å²) in [6, 6.07) is 0. The smallest absolute Gasteiger partial charge is 0.000507 e. The SMILES string of the molecule is CC[C@]1(C)CCCNC1. The summed E-state index contributed by atoms with van der Waals surface area (Å²) in [6.07, 6.45) is 4.10. The molecule has 0 unspecified atom stereocenters. The Morgan fingerprint density at radius 1 is 1.56 bits per heavy atom. The molecule has 1 saturated heterocycles. The summed E-state index contributed by atoms with van der Waals surface area (Å²) in [5.41, 5.74) is 0.609. The van der Waals surface area contributed by atoms with Crippen molar-refractivity contribution in [3.05, 3.63) is 0 Å². The predicted octanol–water partition coefficient (Wildman–Crippen LogP) is 1.79. The second kappa shape index (κ2) is 2.70. The van der Waals surface area contributed by atoms with Gasteiger partial charge in [0.1, 0.15) is 0 Å². The molecular weight excluding hydrogens is 110 g/mol. The normalized spacial score (nSPS) is 36.7. The van der Waals surface area contributed by atoms with Gasteiger partial charge in [-0.1, -0.05) is 13.8 Å². The Hall–Kier alpha value is -0.0400. The van der Waals surface area contributed by atoms with E-state index in [0.29, 0.717) is 5.41 Å². The maximum atomic E-state index is 3.43. The van der Waals surface area contributed by atoms with E-state index in [2.05, 4.69) is 19.2 Å². The number of piperidine rings is 1. The van der Waals surface area contributed by atoms with Gasteiger partial charge in [-0.3, -0.25) is 0 Å². The lowest BCUT2D eigenvalue weighted by molar-refractivity contribution is 0.228. The first-order valence-electron chi connectivity index (χ1n) is 3.97. The van der Waals surface area contributed by atoms with Gasteiger partial charge in [-0.15, -0.1) is 0 Å². The zero-order chi connectivity index (χ0) is 6.74. The van der Waals surface area contributed by atoms with Crippen LogP contribution in [0.2, 0.25) is 0 Å². The molecule has 0 bridgehead atoms. The highest BCUT2D eigenvalue weighted by Gasteiger charge is 2.23. The van der Waals surface area contributed by atoms with E-state index in [1.165, 1.54) is 32.4 Å². The minimum atomic E-state index is 0.609. The summed E-state index contributed by atoms with van der Waals surface area (Å²) in [5, 5.41) is 3.43. The van der Waals surface area contributed by atoms with Crippen LogP contribution in [0.5, 0.6) is 0 Å². The fraction of sp³-hybridized carbons (Fsp3) is 1.00. The topological polar surface area (TPSA) is 12.0 Å². The average molecular weight is 127 g/mol. The summed E-state index contributed by atoms with van der Waals surface area (Å²) in [7, 11) is 0. The highest BCUT2D eigenvalue weighted by molar-refractivity contribution is 4.79. The third-order valence-corrected chi connectivity index (χ3v) is 2.54. The maximum absolute atomic E-state index is 3.43. The summed E-state index contributed by atoms with van der Waals surface area (Å²) in [6.45, 7) is 7.12. The molecule has 1 N–H and O–H groups in total. The fourth-order valence-corrected chi connectivity index (χ4v) is 1.42. The zero-order valence-corrected chi connectivity index (χ0v) is 6.54. The van der Waals surface area contributed by atoms with Crippen molar-refractivity contribution in [1.29, 1.82) is 0 Å². The molecule has 0 radical (unpaired) electrons. The van der Waals surface area contributed by atoms with Crippen molar-refractivity contribution in [1.82, 2.24) is 5.32 Å². The number of hydrogen-bond donors (Lipinski definition) is 1. The van der Waals surface area contributed by atoms with Gasteiger partial charge in [0.25, 0.3) is 0 Å². The Kier molecular flexibility index (Phi) is 2.12. The Balaban J connectivity index is 2.37. The molecule has 0 aliphatic carbocycles. The van der Waals surface area contributed by atoms with Crippen LogP contribution in [0.25, 0.3) is 0 Å². The lowest BCUT2D eigenvalue weighted by atomic mass is 9.81. The molecule has 1 heterocycles. The molecule has 1 fully saturated rings. The molecule has 9 heavy (non-hydrogen) atoms. The molecule has 0 saturated carbocycles. The molecule has 0 aromatic heterocycles. The first-order valence-corrected chi connectivity index (χ1v) is 3.97. The van der Waals surface area contributed by atoms with E-state index in [9.17, 15) is 0 Å². The second-order valence-electron chi connectivity index (χ2n) is 3.44. The molecule has 0 aromatic carbocycles. The van der Waals surface area contributed by atoms with Crippen LogP contribution < -0.4 is 5.32 Å². The highest BCUT2D eigenvalue weighted by atomic mass is 14.9. The molecule has 1 heteroatoms. The van der Waals surface area contributed by atoms with Gasteiger partial charge in [0.15, 0.2) is 0 Å². The predicted molar refractivity (Wildman–Crippen MR) is 40.5 cm³/mol. The molecule has 1 aliphatic heterocycles. The van der Waals surface area contributed by atoms with Crippen molar-refractivity contribution >= 4 is 0 Å². The lowest BCUT2D eigenvalue weighted by Gasteiger charge is -2.32. The van der Waals surface area contributed by atoms with E-state index in [1.54, 1.807) is 0 Å². The van der Waals surface area contributed by atoms with E-state index in [-0.39, 0.29) is 0 Å². The first kappa shape index (κ1) is 7.07. The van der Waals surface area contributed by atoms with Gasteiger partial charge in [-0.2, -0.15) is 0 Å². The minimum absolute atomic E-state index is 0.609. The van der Waals surface area contributed by atoms with Crippen molar-refractivity contribution in [3.8, 4) is 0 Å². The molecule has 1 rings (SSSR count). The van der Waals surface area contributed by atoms with Crippen molar-refractivity contribution in [2.75, 3.05) is 13.1 Å². The fourth-order valence-electron chi connectivity index (χ4n) is 1.42. The quantitative estimate of drug-likeness (QED) is 0.566. The van der Waals surface area contributed by atoms with Gasteiger partial charge < -0.3 is 5.32 Å². The van der Waals surface area contributed by atoms with Gasteiger partial charge >= 0.3 is 0 Å². The van der Waals surface area contributed by atoms with Crippen molar-refractivity contribution in [2.24, 2.45) is 5.41 Å². The molecule has 1 atom stereocenters. The van der Waals surface area contributed by atoms with Crippen molar-refractivity contribution in [2.45, 2.75) is 33.1 Å². The highest BCUT2D eigenvalue weighted by Crippen LogP contribution is 2.28. The Labute approximate surface area is 57.8 Å².